The van der Waals surface area contributed by atoms with E-state index in [2.05, 4.69) is 32.0 Å². The lowest BCUT2D eigenvalue weighted by Gasteiger charge is -2.24. The third-order valence-corrected chi connectivity index (χ3v) is 15.0. The van der Waals surface area contributed by atoms with Gasteiger partial charge in [0.15, 0.2) is 21.4 Å². The van der Waals surface area contributed by atoms with E-state index in [1.165, 1.54) is 13.8 Å². The van der Waals surface area contributed by atoms with Crippen molar-refractivity contribution in [3.8, 4) is 23.0 Å². The predicted molar refractivity (Wildman–Crippen MR) is 236 cm³/mol. The van der Waals surface area contributed by atoms with Crippen molar-refractivity contribution >= 4 is 66.0 Å². The van der Waals surface area contributed by atoms with Gasteiger partial charge in [-0.2, -0.15) is 40.2 Å². The molecule has 3 N–H and O–H groups in total. The standard InChI is InChI=1S/C44H37ClF10N6O9S2/c1-41(2,71(3,66)67)10-8-24-4-5-25(26-6-7-30(45)36-38(26)61(20-42(48,49)50)58-40(36)59-72(68,69)19-34(65)70-11-9-33(63)64)37(56-24)31(14-21-12-22(46)15-23(47)13-21)57-32(62)18-60-17-29(44(53,54)55)35-27-16-28(27)43(51,52)39(35)60/h4-7,12-13,15,17,27-28,31H,9,11,14,16,18-20H2,1-3H3,(H,57,62)(H,58,59)(H,63,64)/t27-,28?,31-/m0/s1. The fourth-order valence-corrected chi connectivity index (χ4v) is 9.55. The molecule has 1 amide bonds. The molecule has 3 aromatic heterocycles. The van der Waals surface area contributed by atoms with Crippen molar-refractivity contribution < 1.29 is 85.0 Å². The number of alkyl halides is 8. The molecule has 1 fully saturated rings. The highest BCUT2D eigenvalue weighted by Gasteiger charge is 2.67. The maximum absolute atomic E-state index is 15.6. The Hall–Kier alpha value is -6.40. The van der Waals surface area contributed by atoms with Crippen molar-refractivity contribution in [1.82, 2.24) is 24.6 Å². The molecule has 72 heavy (non-hydrogen) atoms. The van der Waals surface area contributed by atoms with Crippen LogP contribution in [-0.4, -0.2) is 88.7 Å². The molecule has 7 rings (SSSR count). The molecule has 3 heterocycles. The Morgan fingerprint density at radius 3 is 2.26 bits per heavy atom. The molecule has 0 aliphatic heterocycles. The summed E-state index contributed by atoms with van der Waals surface area (Å²) >= 11 is 6.52. The van der Waals surface area contributed by atoms with E-state index in [0.29, 0.717) is 16.8 Å². The predicted octanol–water partition coefficient (Wildman–Crippen LogP) is 7.66. The van der Waals surface area contributed by atoms with Gasteiger partial charge >= 0.3 is 24.3 Å². The number of esters is 1. The van der Waals surface area contributed by atoms with Gasteiger partial charge in [-0.05, 0) is 80.0 Å². The Bertz CT molecular complexity index is 3330. The van der Waals surface area contributed by atoms with Crippen LogP contribution in [0.2, 0.25) is 5.02 Å². The van der Waals surface area contributed by atoms with Gasteiger partial charge < -0.3 is 19.7 Å². The highest BCUT2D eigenvalue weighted by molar-refractivity contribution is 7.93. The van der Waals surface area contributed by atoms with Crippen LogP contribution in [0.15, 0.2) is 48.7 Å². The van der Waals surface area contributed by atoms with Gasteiger partial charge in [0, 0.05) is 35.6 Å². The number of pyridine rings is 1. The lowest BCUT2D eigenvalue weighted by Crippen LogP contribution is -2.34. The molecule has 15 nitrogen and oxygen atoms in total. The van der Waals surface area contributed by atoms with Crippen LogP contribution in [0, 0.1) is 29.4 Å². The van der Waals surface area contributed by atoms with Crippen LogP contribution < -0.4 is 10.0 Å². The molecule has 1 saturated carbocycles. The van der Waals surface area contributed by atoms with Crippen LogP contribution >= 0.6 is 11.6 Å². The van der Waals surface area contributed by atoms with E-state index in [1.54, 1.807) is 0 Å². The van der Waals surface area contributed by atoms with Crippen molar-refractivity contribution in [1.29, 1.82) is 0 Å². The average molecular weight is 1080 g/mol. The average Bonchev–Trinajstić information content (AvgIpc) is 3.75. The number of halogens is 11. The quantitative estimate of drug-likeness (QED) is 0.0497. The summed E-state index contributed by atoms with van der Waals surface area (Å²) in [4.78, 5) is 41.8. The van der Waals surface area contributed by atoms with Crippen molar-refractivity contribution in [2.24, 2.45) is 5.92 Å². The number of amides is 1. The number of aromatic nitrogens is 4. The van der Waals surface area contributed by atoms with Crippen LogP contribution in [0.25, 0.3) is 22.0 Å². The van der Waals surface area contributed by atoms with Crippen molar-refractivity contribution in [3.63, 3.8) is 0 Å². The first-order valence-corrected chi connectivity index (χ1v) is 24.9. The number of carbonyl (C=O) groups is 3. The summed E-state index contributed by atoms with van der Waals surface area (Å²) in [5.74, 6) is -10.1. The number of hydrogen-bond acceptors (Lipinski definition) is 10. The fourth-order valence-electron chi connectivity index (χ4n) is 8.17. The largest absolute Gasteiger partial charge is 0.481 e. The van der Waals surface area contributed by atoms with E-state index in [4.69, 9.17) is 16.7 Å². The second-order valence-electron chi connectivity index (χ2n) is 17.4. The number of nitrogens with zero attached hydrogens (tertiary/aromatic N) is 4. The monoisotopic (exact) mass is 1080 g/mol. The SMILES string of the molecule is CC(C)(C#Cc1ccc(-c2ccc(Cl)c3c(NS(=O)(=O)CC(=O)OCCC(=O)O)nn(CC(F)(F)F)c23)c([C@H](Cc2cc(F)cc(F)c2)NC(=O)Cn2cc(C(F)(F)F)c3c2C(F)(F)C2C[C@H]32)n1)S(C)(=O)=O. The second kappa shape index (κ2) is 18.9. The van der Waals surface area contributed by atoms with Crippen LogP contribution in [0.3, 0.4) is 0 Å². The molecule has 2 aliphatic rings. The van der Waals surface area contributed by atoms with Gasteiger partial charge in [-0.1, -0.05) is 23.6 Å². The van der Waals surface area contributed by atoms with Crippen molar-refractivity contribution in [2.45, 2.75) is 81.2 Å². The second-order valence-corrected chi connectivity index (χ2v) is 22.1. The number of carboxylic acids is 1. The maximum Gasteiger partial charge on any atom is 0.418 e. The normalized spacial score (nSPS) is 16.9. The van der Waals surface area contributed by atoms with Crippen LogP contribution in [0.4, 0.5) is 49.7 Å². The molecule has 28 heteroatoms. The molecule has 0 bridgehead atoms. The zero-order valence-electron chi connectivity index (χ0n) is 37.3. The Morgan fingerprint density at radius 1 is 1.00 bits per heavy atom. The molecular weight excluding hydrogens is 1050 g/mol. The number of fused-ring (bicyclic) bond motifs is 4. The summed E-state index contributed by atoms with van der Waals surface area (Å²) in [7, 11) is -8.84. The molecule has 5 aromatic rings. The lowest BCUT2D eigenvalue weighted by molar-refractivity contribution is -0.145. The lowest BCUT2D eigenvalue weighted by atomic mass is 9.93. The van der Waals surface area contributed by atoms with Crippen LogP contribution in [0.5, 0.6) is 0 Å². The van der Waals surface area contributed by atoms with Gasteiger partial charge in [0.05, 0.1) is 45.3 Å². The maximum atomic E-state index is 15.6. The van der Waals surface area contributed by atoms with E-state index < -0.39 is 173 Å². The number of aliphatic carboxylic acids is 1. The number of ether oxygens (including phenoxy) is 1. The Labute approximate surface area is 406 Å². The molecule has 2 aromatic carbocycles. The highest BCUT2D eigenvalue weighted by Crippen LogP contribution is 2.69. The molecule has 1 unspecified atom stereocenters. The van der Waals surface area contributed by atoms with E-state index in [0.717, 1.165) is 42.7 Å². The third-order valence-electron chi connectivity index (χ3n) is 11.7. The van der Waals surface area contributed by atoms with E-state index >= 15 is 8.78 Å². The van der Waals surface area contributed by atoms with Gasteiger partial charge in [-0.25, -0.2) is 30.6 Å². The minimum absolute atomic E-state index is 0.237. The number of carboxylic acid groups (broad SMARTS) is 1. The molecule has 0 radical (unpaired) electrons. The molecule has 2 aliphatic carbocycles. The molecule has 386 valence electrons. The summed E-state index contributed by atoms with van der Waals surface area (Å²) < 4.78 is 203. The summed E-state index contributed by atoms with van der Waals surface area (Å²) in [6, 6.07) is 4.78. The van der Waals surface area contributed by atoms with E-state index in [9.17, 15) is 66.3 Å². The Kier molecular flexibility index (Phi) is 14.0. The van der Waals surface area contributed by atoms with E-state index in [-0.39, 0.29) is 33.5 Å². The zero-order chi connectivity index (χ0) is 53.3. The summed E-state index contributed by atoms with van der Waals surface area (Å²) in [6.07, 6.45) is -10.6. The molecular formula is C44H37ClF10N6O9S2. The van der Waals surface area contributed by atoms with Crippen molar-refractivity contribution in [3.05, 3.63) is 99.1 Å². The number of rotatable bonds is 16. The molecule has 0 spiro atoms. The number of benzene rings is 2. The first kappa shape index (κ1) is 53.4. The third kappa shape index (κ3) is 11.4. The fraction of sp³-hybridized carbons (Fsp3) is 0.386. The van der Waals surface area contributed by atoms with Crippen molar-refractivity contribution in [2.75, 3.05) is 23.3 Å². The summed E-state index contributed by atoms with van der Waals surface area (Å²) in [6.45, 7) is -1.43. The smallest absolute Gasteiger partial charge is 0.418 e. The van der Waals surface area contributed by atoms with Crippen LogP contribution in [0.1, 0.15) is 72.4 Å². The first-order chi connectivity index (χ1) is 33.2. The summed E-state index contributed by atoms with van der Waals surface area (Å²) in [5.41, 5.74) is -5.36. The highest BCUT2D eigenvalue weighted by atomic mass is 35.5. The van der Waals surface area contributed by atoms with Gasteiger partial charge in [-0.3, -0.25) is 23.8 Å². The number of sulfone groups is 1. The topological polar surface area (TPSA) is 209 Å². The number of nitrogens with one attached hydrogen (secondary N) is 2. The number of carbonyl (C=O) groups excluding carboxylic acids is 2. The van der Waals surface area contributed by atoms with E-state index in [1.807, 2.05) is 4.72 Å². The number of anilines is 1. The zero-order valence-corrected chi connectivity index (χ0v) is 39.7. The molecule has 0 saturated heterocycles. The van der Waals surface area contributed by atoms with Gasteiger partial charge in [0.25, 0.3) is 5.92 Å². The van der Waals surface area contributed by atoms with Gasteiger partial charge in [0.2, 0.25) is 15.9 Å². The minimum atomic E-state index is -5.12. The number of sulfonamides is 1. The summed E-state index contributed by atoms with van der Waals surface area (Å²) in [5, 5.41) is 14.1. The minimum Gasteiger partial charge on any atom is -0.481 e. The van der Waals surface area contributed by atoms with Crippen LogP contribution in [-0.2, 0) is 70.6 Å². The van der Waals surface area contributed by atoms with Gasteiger partial charge in [-0.15, -0.1) is 0 Å². The molecule has 3 atom stereocenters. The Morgan fingerprint density at radius 2 is 1.65 bits per heavy atom. The van der Waals surface area contributed by atoms with Gasteiger partial charge in [0.1, 0.15) is 41.8 Å². The first-order valence-electron chi connectivity index (χ1n) is 21.0. The number of hydrogen-bond donors (Lipinski definition) is 3. The Balaban J connectivity index is 1.42.